The number of amides is 1. The lowest BCUT2D eigenvalue weighted by atomic mass is 10.1. The van der Waals surface area contributed by atoms with Gasteiger partial charge in [-0.1, -0.05) is 18.2 Å². The largest absolute Gasteiger partial charge is 0.348 e. The van der Waals surface area contributed by atoms with Crippen molar-refractivity contribution in [1.82, 2.24) is 10.2 Å². The van der Waals surface area contributed by atoms with Crippen LogP contribution in [-0.4, -0.2) is 36.0 Å². The third-order valence-electron chi connectivity index (χ3n) is 4.44. The fourth-order valence-electron chi connectivity index (χ4n) is 3.46. The minimum atomic E-state index is 0.0803. The van der Waals surface area contributed by atoms with Gasteiger partial charge in [-0.25, -0.2) is 0 Å². The SMILES string of the molecule is O=C(NC1CCCC1N1CCCC1)c1ccccc1. The van der Waals surface area contributed by atoms with Crippen molar-refractivity contribution in [2.45, 2.75) is 44.2 Å². The molecule has 19 heavy (non-hydrogen) atoms. The van der Waals surface area contributed by atoms with E-state index in [4.69, 9.17) is 0 Å². The van der Waals surface area contributed by atoms with Gasteiger partial charge < -0.3 is 5.32 Å². The van der Waals surface area contributed by atoms with E-state index in [9.17, 15) is 4.79 Å². The van der Waals surface area contributed by atoms with Gasteiger partial charge >= 0.3 is 0 Å². The van der Waals surface area contributed by atoms with E-state index in [1.807, 2.05) is 30.3 Å². The molecule has 1 aliphatic heterocycles. The molecule has 0 aromatic heterocycles. The van der Waals surface area contributed by atoms with Crippen LogP contribution in [0.1, 0.15) is 42.5 Å². The normalized spacial score (nSPS) is 27.6. The van der Waals surface area contributed by atoms with Gasteiger partial charge in [-0.3, -0.25) is 9.69 Å². The van der Waals surface area contributed by atoms with Gasteiger partial charge in [0.25, 0.3) is 5.91 Å². The van der Waals surface area contributed by atoms with E-state index in [1.54, 1.807) is 0 Å². The van der Waals surface area contributed by atoms with Gasteiger partial charge in [-0.2, -0.15) is 0 Å². The van der Waals surface area contributed by atoms with Crippen LogP contribution in [0.5, 0.6) is 0 Å². The minimum absolute atomic E-state index is 0.0803. The fourth-order valence-corrected chi connectivity index (χ4v) is 3.46. The summed E-state index contributed by atoms with van der Waals surface area (Å²) in [5, 5.41) is 3.24. The fraction of sp³-hybridized carbons (Fsp3) is 0.562. The van der Waals surface area contributed by atoms with Crippen molar-refractivity contribution in [1.29, 1.82) is 0 Å². The van der Waals surface area contributed by atoms with Gasteiger partial charge in [0, 0.05) is 17.6 Å². The quantitative estimate of drug-likeness (QED) is 0.903. The highest BCUT2D eigenvalue weighted by Gasteiger charge is 2.34. The third kappa shape index (κ3) is 2.81. The average molecular weight is 258 g/mol. The lowest BCUT2D eigenvalue weighted by Gasteiger charge is -2.29. The molecule has 0 bridgehead atoms. The predicted molar refractivity (Wildman–Crippen MR) is 76.1 cm³/mol. The van der Waals surface area contributed by atoms with Crippen molar-refractivity contribution in [3.8, 4) is 0 Å². The van der Waals surface area contributed by atoms with Crippen molar-refractivity contribution in [3.05, 3.63) is 35.9 Å². The number of rotatable bonds is 3. The first kappa shape index (κ1) is 12.7. The Kier molecular flexibility index (Phi) is 3.83. The van der Waals surface area contributed by atoms with Crippen LogP contribution in [0.2, 0.25) is 0 Å². The van der Waals surface area contributed by atoms with E-state index in [2.05, 4.69) is 10.2 Å². The first-order chi connectivity index (χ1) is 9.34. The van der Waals surface area contributed by atoms with E-state index in [0.29, 0.717) is 12.1 Å². The molecule has 102 valence electrons. The Labute approximate surface area is 115 Å². The van der Waals surface area contributed by atoms with Gasteiger partial charge in [-0.05, 0) is 57.3 Å². The topological polar surface area (TPSA) is 32.3 Å². The summed E-state index contributed by atoms with van der Waals surface area (Å²) in [7, 11) is 0. The molecule has 2 unspecified atom stereocenters. The van der Waals surface area contributed by atoms with E-state index >= 15 is 0 Å². The molecule has 1 heterocycles. The van der Waals surface area contributed by atoms with Crippen molar-refractivity contribution in [2.24, 2.45) is 0 Å². The molecule has 2 aliphatic rings. The standard InChI is InChI=1S/C16H22N2O/c19-16(13-7-2-1-3-8-13)17-14-9-6-10-15(14)18-11-4-5-12-18/h1-3,7-8,14-15H,4-6,9-12H2,(H,17,19). The lowest BCUT2D eigenvalue weighted by molar-refractivity contribution is 0.0912. The van der Waals surface area contributed by atoms with Crippen LogP contribution in [0, 0.1) is 0 Å². The summed E-state index contributed by atoms with van der Waals surface area (Å²) >= 11 is 0. The van der Waals surface area contributed by atoms with Gasteiger partial charge in [-0.15, -0.1) is 0 Å². The third-order valence-corrected chi connectivity index (χ3v) is 4.44. The van der Waals surface area contributed by atoms with Gasteiger partial charge in [0.1, 0.15) is 0 Å². The van der Waals surface area contributed by atoms with Crippen LogP contribution < -0.4 is 5.32 Å². The number of carbonyl (C=O) groups excluding carboxylic acids is 1. The molecule has 1 aromatic rings. The molecule has 3 rings (SSSR count). The highest BCUT2D eigenvalue weighted by molar-refractivity contribution is 5.94. The lowest BCUT2D eigenvalue weighted by Crippen LogP contribution is -2.47. The first-order valence-electron chi connectivity index (χ1n) is 7.44. The number of nitrogens with zero attached hydrogens (tertiary/aromatic N) is 1. The predicted octanol–water partition coefficient (Wildman–Crippen LogP) is 2.43. The van der Waals surface area contributed by atoms with E-state index < -0.39 is 0 Å². The van der Waals surface area contributed by atoms with Crippen LogP contribution >= 0.6 is 0 Å². The number of nitrogens with one attached hydrogen (secondary N) is 1. The summed E-state index contributed by atoms with van der Waals surface area (Å²) in [4.78, 5) is 14.8. The highest BCUT2D eigenvalue weighted by atomic mass is 16.1. The molecule has 2 atom stereocenters. The molecule has 0 radical (unpaired) electrons. The van der Waals surface area contributed by atoms with Crippen molar-refractivity contribution in [2.75, 3.05) is 13.1 Å². The second kappa shape index (κ2) is 5.74. The van der Waals surface area contributed by atoms with Crippen LogP contribution in [0.25, 0.3) is 0 Å². The molecule has 0 spiro atoms. The number of carbonyl (C=O) groups is 1. The number of likely N-dealkylation sites (tertiary alicyclic amines) is 1. The second-order valence-electron chi connectivity index (χ2n) is 5.69. The molecule has 1 saturated heterocycles. The molecule has 3 heteroatoms. The Morgan fingerprint density at radius 1 is 1.05 bits per heavy atom. The molecule has 3 nitrogen and oxygen atoms in total. The zero-order valence-corrected chi connectivity index (χ0v) is 11.3. The second-order valence-corrected chi connectivity index (χ2v) is 5.69. The smallest absolute Gasteiger partial charge is 0.251 e. The van der Waals surface area contributed by atoms with E-state index in [1.165, 1.54) is 38.8 Å². The molecule has 1 aromatic carbocycles. The molecule has 1 amide bonds. The molecule has 1 aliphatic carbocycles. The Morgan fingerprint density at radius 3 is 2.53 bits per heavy atom. The molecule has 1 saturated carbocycles. The Bertz CT molecular complexity index is 426. The summed E-state index contributed by atoms with van der Waals surface area (Å²) in [6.45, 7) is 2.42. The molecule has 1 N–H and O–H groups in total. The van der Waals surface area contributed by atoms with Crippen LogP contribution in [0.15, 0.2) is 30.3 Å². The van der Waals surface area contributed by atoms with Crippen LogP contribution in [0.3, 0.4) is 0 Å². The van der Waals surface area contributed by atoms with Gasteiger partial charge in [0.15, 0.2) is 0 Å². The summed E-state index contributed by atoms with van der Waals surface area (Å²) in [6.07, 6.45) is 6.23. The van der Waals surface area contributed by atoms with Crippen LogP contribution in [-0.2, 0) is 0 Å². The summed E-state index contributed by atoms with van der Waals surface area (Å²) < 4.78 is 0. The van der Waals surface area contributed by atoms with Gasteiger partial charge in [0.05, 0.1) is 0 Å². The molecular formula is C16H22N2O. The Morgan fingerprint density at radius 2 is 1.79 bits per heavy atom. The highest BCUT2D eigenvalue weighted by Crippen LogP contribution is 2.27. The maximum Gasteiger partial charge on any atom is 0.251 e. The summed E-state index contributed by atoms with van der Waals surface area (Å²) in [5.74, 6) is 0.0803. The number of hydrogen-bond donors (Lipinski definition) is 1. The number of benzene rings is 1. The van der Waals surface area contributed by atoms with Crippen molar-refractivity contribution < 1.29 is 4.79 Å². The minimum Gasteiger partial charge on any atom is -0.348 e. The first-order valence-corrected chi connectivity index (χ1v) is 7.44. The van der Waals surface area contributed by atoms with Gasteiger partial charge in [0.2, 0.25) is 0 Å². The molecular weight excluding hydrogens is 236 g/mol. The summed E-state index contributed by atoms with van der Waals surface area (Å²) in [5.41, 5.74) is 0.773. The average Bonchev–Trinajstić information content (AvgIpc) is 3.10. The van der Waals surface area contributed by atoms with Crippen LogP contribution in [0.4, 0.5) is 0 Å². The maximum atomic E-state index is 12.2. The van der Waals surface area contributed by atoms with Crippen molar-refractivity contribution >= 4 is 5.91 Å². The Balaban J connectivity index is 1.63. The zero-order chi connectivity index (χ0) is 13.1. The number of hydrogen-bond acceptors (Lipinski definition) is 2. The zero-order valence-electron chi connectivity index (χ0n) is 11.3. The van der Waals surface area contributed by atoms with Crippen molar-refractivity contribution in [3.63, 3.8) is 0 Å². The monoisotopic (exact) mass is 258 g/mol. The Hall–Kier alpha value is -1.35. The maximum absolute atomic E-state index is 12.2. The van der Waals surface area contributed by atoms with E-state index in [0.717, 1.165) is 12.0 Å². The molecule has 2 fully saturated rings. The van der Waals surface area contributed by atoms with E-state index in [-0.39, 0.29) is 5.91 Å². The summed E-state index contributed by atoms with van der Waals surface area (Å²) in [6, 6.07) is 10.5.